The molecule has 2 aliphatic heterocycles. The standard InChI is InChI=1S/C20H27N5O2S/c1-24(15-8-4-2-5-9-15)19-21-14(12-16-18(26)23-20(27)28-16)13-17(22-19)25-10-6-3-7-11-25/h12-13,15H,2-11H2,1H3,(H,23,26,27)/b16-12-. The van der Waals surface area contributed by atoms with Gasteiger partial charge in [0.1, 0.15) is 5.82 Å². The van der Waals surface area contributed by atoms with Crippen molar-refractivity contribution >= 4 is 40.8 Å². The molecular formula is C20H27N5O2S. The van der Waals surface area contributed by atoms with E-state index < -0.39 is 0 Å². The Hall–Kier alpha value is -2.09. The van der Waals surface area contributed by atoms with Gasteiger partial charge in [0.25, 0.3) is 11.1 Å². The van der Waals surface area contributed by atoms with Crippen LogP contribution in [0, 0.1) is 0 Å². The summed E-state index contributed by atoms with van der Waals surface area (Å²) in [6, 6.07) is 2.39. The minimum absolute atomic E-state index is 0.332. The quantitative estimate of drug-likeness (QED) is 0.773. The molecule has 0 spiro atoms. The van der Waals surface area contributed by atoms with Crippen molar-refractivity contribution in [3.8, 4) is 0 Å². The molecule has 28 heavy (non-hydrogen) atoms. The third-order valence-corrected chi connectivity index (χ3v) is 6.57. The van der Waals surface area contributed by atoms with Crippen LogP contribution < -0.4 is 15.1 Å². The molecule has 0 radical (unpaired) electrons. The second kappa shape index (κ2) is 8.51. The van der Waals surface area contributed by atoms with Crippen molar-refractivity contribution in [3.63, 3.8) is 0 Å². The van der Waals surface area contributed by atoms with E-state index in [1.807, 2.05) is 6.07 Å². The average Bonchev–Trinajstić information content (AvgIpc) is 3.05. The fourth-order valence-corrected chi connectivity index (χ4v) is 4.81. The molecule has 1 aromatic rings. The lowest BCUT2D eigenvalue weighted by Gasteiger charge is -2.33. The largest absolute Gasteiger partial charge is 0.356 e. The molecule has 0 atom stereocenters. The Kier molecular flexibility index (Phi) is 5.85. The van der Waals surface area contributed by atoms with Crippen LogP contribution in [-0.2, 0) is 4.79 Å². The number of hydrogen-bond acceptors (Lipinski definition) is 7. The molecule has 7 nitrogen and oxygen atoms in total. The molecule has 1 saturated carbocycles. The first-order valence-electron chi connectivity index (χ1n) is 10.2. The third-order valence-electron chi connectivity index (χ3n) is 5.76. The van der Waals surface area contributed by atoms with Crippen molar-refractivity contribution in [2.24, 2.45) is 0 Å². The highest BCUT2D eigenvalue weighted by molar-refractivity contribution is 8.18. The number of aromatic nitrogens is 2. The van der Waals surface area contributed by atoms with Gasteiger partial charge in [-0.2, -0.15) is 4.98 Å². The summed E-state index contributed by atoms with van der Waals surface area (Å²) in [6.45, 7) is 1.99. The number of thioether (sulfide) groups is 1. The lowest BCUT2D eigenvalue weighted by molar-refractivity contribution is -0.115. The summed E-state index contributed by atoms with van der Waals surface area (Å²) in [5, 5.41) is 1.97. The zero-order valence-electron chi connectivity index (χ0n) is 16.3. The van der Waals surface area contributed by atoms with Crippen molar-refractivity contribution in [3.05, 3.63) is 16.7 Å². The maximum absolute atomic E-state index is 12.0. The molecule has 3 fully saturated rings. The first kappa shape index (κ1) is 19.2. The topological polar surface area (TPSA) is 78.4 Å². The van der Waals surface area contributed by atoms with Crippen LogP contribution >= 0.6 is 11.8 Å². The van der Waals surface area contributed by atoms with Crippen LogP contribution in [0.5, 0.6) is 0 Å². The van der Waals surface area contributed by atoms with E-state index in [4.69, 9.17) is 9.97 Å². The van der Waals surface area contributed by atoms with E-state index >= 15 is 0 Å². The van der Waals surface area contributed by atoms with Gasteiger partial charge in [0.2, 0.25) is 5.95 Å². The molecule has 2 amide bonds. The van der Waals surface area contributed by atoms with Crippen LogP contribution in [0.3, 0.4) is 0 Å². The van der Waals surface area contributed by atoms with Gasteiger partial charge in [-0.15, -0.1) is 0 Å². The molecule has 2 saturated heterocycles. The number of carbonyl (C=O) groups is 2. The molecule has 1 aliphatic carbocycles. The molecule has 1 aromatic heterocycles. The van der Waals surface area contributed by atoms with Gasteiger partial charge in [0.15, 0.2) is 0 Å². The smallest absolute Gasteiger partial charge is 0.290 e. The summed E-state index contributed by atoms with van der Waals surface area (Å²) in [4.78, 5) is 37.9. The first-order valence-corrected chi connectivity index (χ1v) is 11.0. The minimum atomic E-state index is -0.352. The van der Waals surface area contributed by atoms with E-state index in [9.17, 15) is 9.59 Å². The second-order valence-corrected chi connectivity index (χ2v) is 8.77. The van der Waals surface area contributed by atoms with E-state index in [2.05, 4.69) is 22.2 Å². The normalized spacial score (nSPS) is 22.6. The lowest BCUT2D eigenvalue weighted by atomic mass is 9.95. The Morgan fingerprint density at radius 2 is 1.82 bits per heavy atom. The van der Waals surface area contributed by atoms with Crippen molar-refractivity contribution in [2.45, 2.75) is 57.4 Å². The van der Waals surface area contributed by atoms with Gasteiger partial charge in [-0.3, -0.25) is 14.9 Å². The van der Waals surface area contributed by atoms with Crippen molar-refractivity contribution in [1.29, 1.82) is 0 Å². The van der Waals surface area contributed by atoms with Crippen molar-refractivity contribution in [2.75, 3.05) is 29.9 Å². The summed E-state index contributed by atoms with van der Waals surface area (Å²) in [6.07, 6.45) is 11.4. The van der Waals surface area contributed by atoms with Gasteiger partial charge in [-0.1, -0.05) is 19.3 Å². The summed E-state index contributed by atoms with van der Waals surface area (Å²) < 4.78 is 0. The van der Waals surface area contributed by atoms with E-state index in [-0.39, 0.29) is 11.1 Å². The van der Waals surface area contributed by atoms with Gasteiger partial charge in [0.05, 0.1) is 10.6 Å². The zero-order valence-corrected chi connectivity index (χ0v) is 17.1. The van der Waals surface area contributed by atoms with Crippen LogP contribution in [0.4, 0.5) is 16.6 Å². The Morgan fingerprint density at radius 3 is 2.50 bits per heavy atom. The lowest BCUT2D eigenvalue weighted by Crippen LogP contribution is -2.36. The summed E-state index contributed by atoms with van der Waals surface area (Å²) >= 11 is 0.926. The molecule has 3 heterocycles. The number of nitrogens with one attached hydrogen (secondary N) is 1. The summed E-state index contributed by atoms with van der Waals surface area (Å²) in [5.74, 6) is 1.26. The van der Waals surface area contributed by atoms with Crippen molar-refractivity contribution in [1.82, 2.24) is 15.3 Å². The molecule has 8 heteroatoms. The van der Waals surface area contributed by atoms with Gasteiger partial charge in [0, 0.05) is 32.2 Å². The van der Waals surface area contributed by atoms with Gasteiger partial charge in [-0.25, -0.2) is 4.98 Å². The van der Waals surface area contributed by atoms with Gasteiger partial charge in [-0.05, 0) is 49.9 Å². The highest BCUT2D eigenvalue weighted by Crippen LogP contribution is 2.29. The molecule has 4 rings (SSSR count). The van der Waals surface area contributed by atoms with E-state index in [0.717, 1.165) is 43.5 Å². The number of anilines is 2. The number of nitrogens with zero attached hydrogens (tertiary/aromatic N) is 4. The number of imide groups is 1. The third kappa shape index (κ3) is 4.32. The average molecular weight is 402 g/mol. The number of amides is 2. The molecule has 0 bridgehead atoms. The Morgan fingerprint density at radius 1 is 1.11 bits per heavy atom. The monoisotopic (exact) mass is 401 g/mol. The van der Waals surface area contributed by atoms with E-state index in [1.165, 1.54) is 38.5 Å². The zero-order chi connectivity index (χ0) is 19.5. The highest BCUT2D eigenvalue weighted by Gasteiger charge is 2.26. The Bertz CT molecular complexity index is 785. The fourth-order valence-electron chi connectivity index (χ4n) is 4.14. The van der Waals surface area contributed by atoms with Crippen LogP contribution in [0.15, 0.2) is 11.0 Å². The second-order valence-electron chi connectivity index (χ2n) is 7.75. The van der Waals surface area contributed by atoms with E-state index in [1.54, 1.807) is 6.08 Å². The number of rotatable bonds is 4. The predicted molar refractivity (Wildman–Crippen MR) is 112 cm³/mol. The van der Waals surface area contributed by atoms with Crippen LogP contribution in [-0.4, -0.2) is 47.3 Å². The Labute approximate surface area is 170 Å². The fraction of sp³-hybridized carbons (Fsp3) is 0.600. The number of piperidine rings is 1. The minimum Gasteiger partial charge on any atom is -0.356 e. The summed E-state index contributed by atoms with van der Waals surface area (Å²) in [5.41, 5.74) is 0.681. The molecule has 1 N–H and O–H groups in total. The predicted octanol–water partition coefficient (Wildman–Crippen LogP) is 3.56. The van der Waals surface area contributed by atoms with Gasteiger partial charge < -0.3 is 9.80 Å². The van der Waals surface area contributed by atoms with Crippen LogP contribution in [0.1, 0.15) is 57.1 Å². The molecule has 0 aromatic carbocycles. The van der Waals surface area contributed by atoms with E-state index in [0.29, 0.717) is 22.6 Å². The molecule has 3 aliphatic rings. The highest BCUT2D eigenvalue weighted by atomic mass is 32.2. The first-order chi connectivity index (χ1) is 13.6. The number of carbonyl (C=O) groups excluding carboxylic acids is 2. The summed E-state index contributed by atoms with van der Waals surface area (Å²) in [7, 11) is 2.07. The van der Waals surface area contributed by atoms with Crippen molar-refractivity contribution < 1.29 is 9.59 Å². The van der Waals surface area contributed by atoms with Gasteiger partial charge >= 0.3 is 0 Å². The molecule has 0 unspecified atom stereocenters. The van der Waals surface area contributed by atoms with Crippen LogP contribution in [0.2, 0.25) is 0 Å². The molecular weight excluding hydrogens is 374 g/mol. The van der Waals surface area contributed by atoms with Crippen LogP contribution in [0.25, 0.3) is 6.08 Å². The maximum Gasteiger partial charge on any atom is 0.290 e. The maximum atomic E-state index is 12.0. The molecule has 150 valence electrons. The SMILES string of the molecule is CN(c1nc(/C=C2\SC(=O)NC2=O)cc(N2CCCCC2)n1)C1CCCCC1. The number of hydrogen-bond donors (Lipinski definition) is 1. The Balaban J connectivity index is 1.67.